The van der Waals surface area contributed by atoms with Crippen LogP contribution in [-0.2, 0) is 26.2 Å². The van der Waals surface area contributed by atoms with Gasteiger partial charge in [-0.25, -0.2) is 8.42 Å². The van der Waals surface area contributed by atoms with Crippen LogP contribution >= 0.6 is 23.2 Å². The van der Waals surface area contributed by atoms with Gasteiger partial charge in [0, 0.05) is 23.1 Å². The molecule has 214 valence electrons. The number of carbonyl (C=O) groups is 2. The zero-order chi connectivity index (χ0) is 29.6. The zero-order valence-corrected chi connectivity index (χ0v) is 25.7. The van der Waals surface area contributed by atoms with Gasteiger partial charge in [-0.15, -0.1) is 0 Å². The molecule has 0 aliphatic heterocycles. The molecule has 0 aromatic heterocycles. The standard InChI is InChI=1S/C30H35Cl2N3O4S/c1-6-28(30(37)33-7-2)34(18-23-10-11-24(31)17-27(23)32)29(36)19-35(25-15-21(4)14-22(5)16-25)40(38,39)26-12-8-20(3)9-13-26/h8-17,28H,6-7,18-19H2,1-5H3,(H,33,37)/t28-/m0/s1. The first-order valence-electron chi connectivity index (χ1n) is 13.1. The van der Waals surface area contributed by atoms with E-state index in [0.29, 0.717) is 34.3 Å². The van der Waals surface area contributed by atoms with Crippen LogP contribution in [0.1, 0.15) is 42.5 Å². The second-order valence-electron chi connectivity index (χ2n) is 9.75. The van der Waals surface area contributed by atoms with E-state index in [9.17, 15) is 18.0 Å². The van der Waals surface area contributed by atoms with Gasteiger partial charge in [0.1, 0.15) is 12.6 Å². The average Bonchev–Trinajstić information content (AvgIpc) is 2.88. The second kappa shape index (κ2) is 13.5. The molecule has 0 spiro atoms. The lowest BCUT2D eigenvalue weighted by Gasteiger charge is -2.33. The number of nitrogens with zero attached hydrogens (tertiary/aromatic N) is 2. The summed E-state index contributed by atoms with van der Waals surface area (Å²) in [6.45, 7) is 9.06. The highest BCUT2D eigenvalue weighted by atomic mass is 35.5. The van der Waals surface area contributed by atoms with Crippen LogP contribution in [-0.4, -0.2) is 44.3 Å². The molecular formula is C30H35Cl2N3O4S. The molecule has 1 atom stereocenters. The van der Waals surface area contributed by atoms with Crippen LogP contribution in [0.25, 0.3) is 0 Å². The molecular weight excluding hydrogens is 569 g/mol. The second-order valence-corrected chi connectivity index (χ2v) is 12.5. The third-order valence-electron chi connectivity index (χ3n) is 6.48. The van der Waals surface area contributed by atoms with Crippen LogP contribution in [0.4, 0.5) is 5.69 Å². The predicted molar refractivity (Wildman–Crippen MR) is 161 cm³/mol. The third-order valence-corrected chi connectivity index (χ3v) is 8.85. The number of anilines is 1. The first-order valence-corrected chi connectivity index (χ1v) is 15.3. The fourth-order valence-electron chi connectivity index (χ4n) is 4.51. The van der Waals surface area contributed by atoms with Gasteiger partial charge < -0.3 is 10.2 Å². The molecule has 0 aliphatic rings. The highest BCUT2D eigenvalue weighted by molar-refractivity contribution is 7.92. The molecule has 40 heavy (non-hydrogen) atoms. The van der Waals surface area contributed by atoms with Crippen molar-refractivity contribution in [3.8, 4) is 0 Å². The number of carbonyl (C=O) groups excluding carboxylic acids is 2. The maximum Gasteiger partial charge on any atom is 0.264 e. The molecule has 3 aromatic rings. The van der Waals surface area contributed by atoms with Gasteiger partial charge in [0.15, 0.2) is 0 Å². The van der Waals surface area contributed by atoms with E-state index in [1.807, 2.05) is 26.8 Å². The Kier molecular flexibility index (Phi) is 10.6. The molecule has 3 rings (SSSR count). The van der Waals surface area contributed by atoms with Gasteiger partial charge in [-0.1, -0.05) is 60.0 Å². The first kappa shape index (κ1) is 31.5. The summed E-state index contributed by atoms with van der Waals surface area (Å²) in [5.74, 6) is -0.873. The van der Waals surface area contributed by atoms with E-state index in [1.165, 1.54) is 17.0 Å². The van der Waals surface area contributed by atoms with Crippen LogP contribution < -0.4 is 9.62 Å². The van der Waals surface area contributed by atoms with Crippen molar-refractivity contribution < 1.29 is 18.0 Å². The van der Waals surface area contributed by atoms with Gasteiger partial charge in [0.05, 0.1) is 10.6 Å². The van der Waals surface area contributed by atoms with Gasteiger partial charge in [-0.2, -0.15) is 0 Å². The fraction of sp³-hybridized carbons (Fsp3) is 0.333. The number of likely N-dealkylation sites (N-methyl/N-ethyl adjacent to an activating group) is 1. The molecule has 0 fully saturated rings. The van der Waals surface area contributed by atoms with Crippen LogP contribution in [0, 0.1) is 20.8 Å². The van der Waals surface area contributed by atoms with Gasteiger partial charge in [0.2, 0.25) is 11.8 Å². The predicted octanol–water partition coefficient (Wildman–Crippen LogP) is 6.06. The number of sulfonamides is 1. The minimum Gasteiger partial charge on any atom is -0.355 e. The van der Waals surface area contributed by atoms with Crippen molar-refractivity contribution in [3.05, 3.63) is 93.0 Å². The largest absolute Gasteiger partial charge is 0.355 e. The highest BCUT2D eigenvalue weighted by Gasteiger charge is 2.34. The summed E-state index contributed by atoms with van der Waals surface area (Å²) < 4.78 is 29.1. The van der Waals surface area contributed by atoms with Crippen molar-refractivity contribution in [2.24, 2.45) is 0 Å². The van der Waals surface area contributed by atoms with E-state index in [4.69, 9.17) is 23.2 Å². The van der Waals surface area contributed by atoms with Crippen LogP contribution in [0.3, 0.4) is 0 Å². The molecule has 1 N–H and O–H groups in total. The summed E-state index contributed by atoms with van der Waals surface area (Å²) in [7, 11) is -4.14. The minimum atomic E-state index is -4.14. The number of halogens is 2. The summed E-state index contributed by atoms with van der Waals surface area (Å²) in [6.07, 6.45) is 0.317. The number of aryl methyl sites for hydroxylation is 3. The van der Waals surface area contributed by atoms with E-state index in [2.05, 4.69) is 5.32 Å². The van der Waals surface area contributed by atoms with E-state index >= 15 is 0 Å². The van der Waals surface area contributed by atoms with Crippen LogP contribution in [0.5, 0.6) is 0 Å². The van der Waals surface area contributed by atoms with Crippen LogP contribution in [0.15, 0.2) is 65.6 Å². The van der Waals surface area contributed by atoms with Gasteiger partial charge in [0.25, 0.3) is 10.0 Å². The molecule has 0 bridgehead atoms. The lowest BCUT2D eigenvalue weighted by Crippen LogP contribution is -2.52. The van der Waals surface area contributed by atoms with Crippen molar-refractivity contribution in [2.45, 2.75) is 58.5 Å². The number of amides is 2. The molecule has 0 radical (unpaired) electrons. The van der Waals surface area contributed by atoms with Gasteiger partial charge in [-0.3, -0.25) is 13.9 Å². The molecule has 7 nitrogen and oxygen atoms in total. The number of nitrogens with one attached hydrogen (secondary N) is 1. The lowest BCUT2D eigenvalue weighted by atomic mass is 10.1. The Balaban J connectivity index is 2.11. The van der Waals surface area contributed by atoms with Crippen LogP contribution in [0.2, 0.25) is 10.0 Å². The highest BCUT2D eigenvalue weighted by Crippen LogP contribution is 2.28. The Bertz CT molecular complexity index is 1460. The van der Waals surface area contributed by atoms with Gasteiger partial charge in [-0.05, 0) is 87.2 Å². The Hall–Kier alpha value is -3.07. The smallest absolute Gasteiger partial charge is 0.264 e. The normalized spacial score (nSPS) is 12.1. The quantitative estimate of drug-likeness (QED) is 0.289. The summed E-state index contributed by atoms with van der Waals surface area (Å²) in [5, 5.41) is 3.56. The fourth-order valence-corrected chi connectivity index (χ4v) is 6.37. The Labute approximate surface area is 247 Å². The number of hydrogen-bond donors (Lipinski definition) is 1. The number of benzene rings is 3. The molecule has 0 heterocycles. The average molecular weight is 605 g/mol. The van der Waals surface area contributed by atoms with Crippen molar-refractivity contribution in [1.82, 2.24) is 10.2 Å². The molecule has 2 amide bonds. The van der Waals surface area contributed by atoms with E-state index in [-0.39, 0.29) is 17.3 Å². The summed E-state index contributed by atoms with van der Waals surface area (Å²) in [6, 6.07) is 15.9. The summed E-state index contributed by atoms with van der Waals surface area (Å²) in [5.41, 5.74) is 3.56. The Morgan fingerprint density at radius 1 is 0.875 bits per heavy atom. The third kappa shape index (κ3) is 7.56. The van der Waals surface area contributed by atoms with E-state index in [0.717, 1.165) is 21.0 Å². The minimum absolute atomic E-state index is 0.00423. The summed E-state index contributed by atoms with van der Waals surface area (Å²) in [4.78, 5) is 28.6. The first-order chi connectivity index (χ1) is 18.9. The van der Waals surface area contributed by atoms with Crippen molar-refractivity contribution in [1.29, 1.82) is 0 Å². The monoisotopic (exact) mass is 603 g/mol. The SMILES string of the molecule is CCNC(=O)[C@H](CC)N(Cc1ccc(Cl)cc1Cl)C(=O)CN(c1cc(C)cc(C)c1)S(=O)(=O)c1ccc(C)cc1. The molecule has 10 heteroatoms. The molecule has 0 unspecified atom stereocenters. The van der Waals surface area contributed by atoms with E-state index in [1.54, 1.807) is 56.3 Å². The Morgan fingerprint density at radius 2 is 1.50 bits per heavy atom. The number of rotatable bonds is 11. The number of hydrogen-bond acceptors (Lipinski definition) is 4. The molecule has 0 saturated heterocycles. The van der Waals surface area contributed by atoms with Gasteiger partial charge >= 0.3 is 0 Å². The van der Waals surface area contributed by atoms with E-state index < -0.39 is 28.5 Å². The molecule has 0 aliphatic carbocycles. The lowest BCUT2D eigenvalue weighted by molar-refractivity contribution is -0.140. The van der Waals surface area contributed by atoms with Crippen molar-refractivity contribution in [2.75, 3.05) is 17.4 Å². The maximum atomic E-state index is 14.1. The van der Waals surface area contributed by atoms with Crippen molar-refractivity contribution in [3.63, 3.8) is 0 Å². The molecule has 3 aromatic carbocycles. The molecule has 0 saturated carbocycles. The zero-order valence-electron chi connectivity index (χ0n) is 23.4. The summed E-state index contributed by atoms with van der Waals surface area (Å²) >= 11 is 12.5. The topological polar surface area (TPSA) is 86.8 Å². The maximum absolute atomic E-state index is 14.1. The Morgan fingerprint density at radius 3 is 2.05 bits per heavy atom. The van der Waals surface area contributed by atoms with Crippen molar-refractivity contribution >= 4 is 50.7 Å².